The first-order chi connectivity index (χ1) is 17.2. The van der Waals surface area contributed by atoms with E-state index in [9.17, 15) is 4.79 Å². The summed E-state index contributed by atoms with van der Waals surface area (Å²) in [7, 11) is 1.68. The van der Waals surface area contributed by atoms with Crippen LogP contribution < -0.4 is 14.5 Å². The van der Waals surface area contributed by atoms with Gasteiger partial charge < -0.3 is 23.8 Å². The van der Waals surface area contributed by atoms with Crippen molar-refractivity contribution in [3.8, 4) is 5.75 Å². The van der Waals surface area contributed by atoms with Gasteiger partial charge in [-0.2, -0.15) is 0 Å². The maximum Gasteiger partial charge on any atom is 0.227 e. The highest BCUT2D eigenvalue weighted by atomic mass is 16.5. The molecule has 0 unspecified atom stereocenters. The van der Waals surface area contributed by atoms with Gasteiger partial charge in [0.15, 0.2) is 11.5 Å². The number of nitrogens with zero attached hydrogens (tertiary/aromatic N) is 6. The Hall–Kier alpha value is -3.81. The Bertz CT molecular complexity index is 1340. The summed E-state index contributed by atoms with van der Waals surface area (Å²) in [5, 5.41) is 0. The van der Waals surface area contributed by atoms with Crippen molar-refractivity contribution in [2.75, 3.05) is 56.2 Å². The third kappa shape index (κ3) is 4.03. The zero-order valence-electron chi connectivity index (χ0n) is 20.0. The summed E-state index contributed by atoms with van der Waals surface area (Å²) in [4.78, 5) is 29.6. The van der Waals surface area contributed by atoms with Gasteiger partial charge in [-0.15, -0.1) is 0 Å². The van der Waals surface area contributed by atoms with E-state index in [1.54, 1.807) is 13.3 Å². The third-order valence-corrected chi connectivity index (χ3v) is 7.31. The minimum Gasteiger partial charge on any atom is -0.497 e. The number of rotatable bonds is 4. The number of amides is 1. The van der Waals surface area contributed by atoms with Gasteiger partial charge in [0, 0.05) is 57.3 Å². The van der Waals surface area contributed by atoms with Gasteiger partial charge in [0.25, 0.3) is 0 Å². The molecule has 8 heteroatoms. The fraction of sp³-hybridized carbons (Fsp3) is 0.370. The van der Waals surface area contributed by atoms with Gasteiger partial charge >= 0.3 is 0 Å². The number of hydrogen-bond acceptors (Lipinski definition) is 6. The second-order valence-electron chi connectivity index (χ2n) is 9.34. The molecule has 3 aromatic heterocycles. The highest BCUT2D eigenvalue weighted by molar-refractivity contribution is 5.84. The molecular formula is C27H30N6O2. The average molecular weight is 471 g/mol. The minimum absolute atomic E-state index is 0.00692. The number of benzene rings is 1. The average Bonchev–Trinajstić information content (AvgIpc) is 3.43. The van der Waals surface area contributed by atoms with E-state index in [0.29, 0.717) is 6.54 Å². The minimum atomic E-state index is -0.00692. The molecule has 4 aromatic rings. The maximum absolute atomic E-state index is 13.5. The molecule has 2 aliphatic rings. The summed E-state index contributed by atoms with van der Waals surface area (Å²) >= 11 is 0. The van der Waals surface area contributed by atoms with Crippen LogP contribution in [0, 0.1) is 5.92 Å². The van der Waals surface area contributed by atoms with Crippen molar-refractivity contribution in [1.29, 1.82) is 0 Å². The van der Waals surface area contributed by atoms with E-state index in [1.165, 1.54) is 5.69 Å². The van der Waals surface area contributed by atoms with Gasteiger partial charge in [-0.3, -0.25) is 4.79 Å². The fourth-order valence-electron chi connectivity index (χ4n) is 5.43. The van der Waals surface area contributed by atoms with Crippen LogP contribution in [0.25, 0.3) is 16.7 Å². The van der Waals surface area contributed by atoms with Crippen LogP contribution in [0.5, 0.6) is 5.75 Å². The molecule has 0 saturated carbocycles. The number of hydrogen-bond donors (Lipinski definition) is 0. The van der Waals surface area contributed by atoms with Gasteiger partial charge in [-0.25, -0.2) is 9.97 Å². The number of anilines is 2. The molecule has 0 aliphatic carbocycles. The quantitative estimate of drug-likeness (QED) is 0.455. The number of carbonyl (C=O) groups is 1. The lowest BCUT2D eigenvalue weighted by Gasteiger charge is -2.40. The van der Waals surface area contributed by atoms with Crippen molar-refractivity contribution < 1.29 is 9.53 Å². The van der Waals surface area contributed by atoms with E-state index in [0.717, 1.165) is 73.8 Å². The van der Waals surface area contributed by atoms with Gasteiger partial charge in [0.1, 0.15) is 5.75 Å². The highest BCUT2D eigenvalue weighted by Gasteiger charge is 2.32. The topological polar surface area (TPSA) is 66.2 Å². The summed E-state index contributed by atoms with van der Waals surface area (Å²) in [5.74, 6) is 2.04. The van der Waals surface area contributed by atoms with E-state index >= 15 is 0 Å². The number of carbonyl (C=O) groups excluding carboxylic acids is 1. The van der Waals surface area contributed by atoms with Crippen molar-refractivity contribution in [3.05, 3.63) is 60.9 Å². The Kier molecular flexibility index (Phi) is 5.64. The molecule has 0 bridgehead atoms. The van der Waals surface area contributed by atoms with Crippen LogP contribution in [-0.4, -0.2) is 71.6 Å². The van der Waals surface area contributed by atoms with Crippen LogP contribution in [0.4, 0.5) is 11.5 Å². The lowest BCUT2D eigenvalue weighted by molar-refractivity contribution is -0.136. The monoisotopic (exact) mass is 470 g/mol. The van der Waals surface area contributed by atoms with E-state index in [2.05, 4.69) is 48.5 Å². The summed E-state index contributed by atoms with van der Waals surface area (Å²) < 4.78 is 7.42. The van der Waals surface area contributed by atoms with E-state index in [4.69, 9.17) is 9.72 Å². The van der Waals surface area contributed by atoms with E-state index in [1.807, 2.05) is 30.3 Å². The van der Waals surface area contributed by atoms with Crippen LogP contribution in [0.15, 0.2) is 60.9 Å². The Morgan fingerprint density at radius 3 is 2.54 bits per heavy atom. The van der Waals surface area contributed by atoms with E-state index in [-0.39, 0.29) is 11.8 Å². The molecule has 2 saturated heterocycles. The molecule has 8 nitrogen and oxygen atoms in total. The molecule has 2 aliphatic heterocycles. The maximum atomic E-state index is 13.5. The van der Waals surface area contributed by atoms with Gasteiger partial charge in [0.2, 0.25) is 5.91 Å². The van der Waals surface area contributed by atoms with Gasteiger partial charge in [-0.1, -0.05) is 0 Å². The zero-order chi connectivity index (χ0) is 23.8. The number of piperidine rings is 1. The van der Waals surface area contributed by atoms with Gasteiger partial charge in [0.05, 0.1) is 24.1 Å². The predicted octanol–water partition coefficient (Wildman–Crippen LogP) is 3.46. The number of ether oxygens (including phenoxy) is 1. The molecule has 0 radical (unpaired) electrons. The van der Waals surface area contributed by atoms with Crippen molar-refractivity contribution in [2.45, 2.75) is 12.8 Å². The normalized spacial score (nSPS) is 18.9. The number of aromatic nitrogens is 3. The number of piperazine rings is 1. The molecule has 1 amide bonds. The van der Waals surface area contributed by atoms with Crippen molar-refractivity contribution in [3.63, 3.8) is 0 Å². The molecule has 1 aromatic carbocycles. The van der Waals surface area contributed by atoms with Crippen LogP contribution in [0.3, 0.4) is 0 Å². The van der Waals surface area contributed by atoms with E-state index < -0.39 is 0 Å². The SMILES string of the molecule is COc1ccc(N2CCN(C(=O)[C@@H]3CCCN(c4nc5ncccc5n5cccc45)C3)CC2)cc1. The van der Waals surface area contributed by atoms with Crippen molar-refractivity contribution >= 4 is 34.1 Å². The largest absolute Gasteiger partial charge is 0.497 e. The lowest BCUT2D eigenvalue weighted by atomic mass is 9.96. The van der Waals surface area contributed by atoms with Crippen molar-refractivity contribution in [2.24, 2.45) is 5.92 Å². The Morgan fingerprint density at radius 2 is 1.74 bits per heavy atom. The number of fused-ring (bicyclic) bond motifs is 3. The van der Waals surface area contributed by atoms with Crippen LogP contribution in [-0.2, 0) is 4.79 Å². The first kappa shape index (κ1) is 21.7. The first-order valence-corrected chi connectivity index (χ1v) is 12.4. The van der Waals surface area contributed by atoms with Crippen LogP contribution in [0.2, 0.25) is 0 Å². The molecule has 35 heavy (non-hydrogen) atoms. The molecule has 2 fully saturated rings. The Balaban J connectivity index is 1.15. The van der Waals surface area contributed by atoms with Gasteiger partial charge in [-0.05, 0) is 61.4 Å². The summed E-state index contributed by atoms with van der Waals surface area (Å²) in [6.45, 7) is 4.80. The summed E-state index contributed by atoms with van der Waals surface area (Å²) in [6.07, 6.45) is 5.75. The first-order valence-electron chi connectivity index (χ1n) is 12.4. The Morgan fingerprint density at radius 1 is 0.943 bits per heavy atom. The third-order valence-electron chi connectivity index (χ3n) is 7.31. The van der Waals surface area contributed by atoms with Crippen LogP contribution in [0.1, 0.15) is 12.8 Å². The standard InChI is InChI=1S/C27H30N6O2/c1-35-22-10-8-21(9-11-22)30-15-17-31(18-16-30)27(34)20-5-3-13-32(19-20)26-24-7-4-14-33(24)23-6-2-12-28-25(23)29-26/h2,4,6-12,14,20H,3,5,13,15-19H2,1H3/t20-/m1/s1. The molecular weight excluding hydrogens is 440 g/mol. The molecule has 0 N–H and O–H groups in total. The zero-order valence-corrected chi connectivity index (χ0v) is 20.0. The lowest BCUT2D eigenvalue weighted by Crippen LogP contribution is -2.52. The second kappa shape index (κ2) is 9.09. The molecule has 6 rings (SSSR count). The molecule has 5 heterocycles. The smallest absolute Gasteiger partial charge is 0.227 e. The fourth-order valence-corrected chi connectivity index (χ4v) is 5.43. The number of methoxy groups -OCH3 is 1. The second-order valence-corrected chi connectivity index (χ2v) is 9.34. The molecule has 0 spiro atoms. The number of pyridine rings is 1. The molecule has 1 atom stereocenters. The van der Waals surface area contributed by atoms with Crippen molar-refractivity contribution in [1.82, 2.24) is 19.3 Å². The summed E-state index contributed by atoms with van der Waals surface area (Å²) in [6, 6.07) is 16.3. The predicted molar refractivity (Wildman–Crippen MR) is 137 cm³/mol. The van der Waals surface area contributed by atoms with Crippen LogP contribution >= 0.6 is 0 Å². The summed E-state index contributed by atoms with van der Waals surface area (Å²) in [5.41, 5.74) is 3.96. The highest BCUT2D eigenvalue weighted by Crippen LogP contribution is 2.29. The molecule has 180 valence electrons. The Labute approximate surface area is 204 Å².